The number of aliphatic hydroxyl groups excluding tert-OH is 1. The Morgan fingerprint density at radius 2 is 2.03 bits per heavy atom. The van der Waals surface area contributed by atoms with Gasteiger partial charge < -0.3 is 24.4 Å². The highest BCUT2D eigenvalue weighted by molar-refractivity contribution is 6.71. The third-order valence-corrected chi connectivity index (χ3v) is 10.8. The van der Waals surface area contributed by atoms with Gasteiger partial charge in [-0.1, -0.05) is 12.1 Å². The van der Waals surface area contributed by atoms with Gasteiger partial charge in [0.15, 0.2) is 13.9 Å². The molecule has 5 rings (SSSR count). The van der Waals surface area contributed by atoms with Crippen molar-refractivity contribution in [2.45, 2.75) is 75.9 Å². The smallest absolute Gasteiger partial charge is 0.264 e. The van der Waals surface area contributed by atoms with Gasteiger partial charge in [0.05, 0.1) is 17.5 Å². The molecule has 4 heterocycles. The summed E-state index contributed by atoms with van der Waals surface area (Å²) in [5.41, 5.74) is 1.67. The summed E-state index contributed by atoms with van der Waals surface area (Å²) in [5, 5.41) is 17.4. The molecule has 0 bridgehead atoms. The number of benzene rings is 1. The van der Waals surface area contributed by atoms with Gasteiger partial charge in [-0.25, -0.2) is 0 Å². The maximum atomic E-state index is 13.9. The summed E-state index contributed by atoms with van der Waals surface area (Å²) >= 11 is 0. The van der Waals surface area contributed by atoms with Gasteiger partial charge >= 0.3 is 0 Å². The van der Waals surface area contributed by atoms with Crippen LogP contribution in [0, 0.1) is 5.92 Å². The Bertz CT molecular complexity index is 1200. The molecule has 0 radical (unpaired) electrons. The molecule has 2 amide bonds. The van der Waals surface area contributed by atoms with Gasteiger partial charge in [-0.2, -0.15) is 0 Å². The average Bonchev–Trinajstić information content (AvgIpc) is 3.49. The van der Waals surface area contributed by atoms with Crippen LogP contribution in [-0.4, -0.2) is 71.3 Å². The van der Waals surface area contributed by atoms with Gasteiger partial charge in [-0.05, 0) is 50.6 Å². The second kappa shape index (κ2) is 9.61. The van der Waals surface area contributed by atoms with E-state index >= 15 is 0 Å². The van der Waals surface area contributed by atoms with Crippen molar-refractivity contribution in [1.82, 2.24) is 15.0 Å². The second-order valence-electron chi connectivity index (χ2n) is 11.2. The fourth-order valence-corrected chi connectivity index (χ4v) is 9.23. The van der Waals surface area contributed by atoms with Crippen molar-refractivity contribution in [1.29, 1.82) is 0 Å². The van der Waals surface area contributed by atoms with Crippen LogP contribution in [-0.2, 0) is 32.9 Å². The first-order chi connectivity index (χ1) is 17.6. The molecule has 0 saturated carbocycles. The molecule has 0 aliphatic carbocycles. The van der Waals surface area contributed by atoms with E-state index in [0.29, 0.717) is 32.4 Å². The summed E-state index contributed by atoms with van der Waals surface area (Å²) in [5.74, 6) is -0.284. The second-order valence-corrected chi connectivity index (χ2v) is 15.1. The molecular formula is C26H37N5O5Si. The Kier molecular flexibility index (Phi) is 6.76. The normalized spacial score (nSPS) is 28.0. The van der Waals surface area contributed by atoms with E-state index in [9.17, 15) is 14.4 Å². The standard InChI is InChI=1S/C26H37N5O5Si/c1-17-24(37(3,4)35)22(10-13-30-16-18(11-14-32)27-28-30)36-26(17)20-15-19(31-12-6-5-7-23(31)33)8-9-21(20)29(2)25(26)34/h8-9,15-17,22,24,32,35H,5-7,10-14H2,1-4H3/t17-,22+,24-,26+/m0/s1. The number of piperidine rings is 1. The van der Waals surface area contributed by atoms with E-state index in [1.807, 2.05) is 49.3 Å². The number of likely N-dealkylation sites (N-methyl/N-ethyl adjacent to an activating group) is 1. The van der Waals surface area contributed by atoms with E-state index in [1.165, 1.54) is 0 Å². The van der Waals surface area contributed by atoms with Crippen molar-refractivity contribution >= 4 is 31.5 Å². The summed E-state index contributed by atoms with van der Waals surface area (Å²) in [4.78, 5) is 41.4. The number of carbonyl (C=O) groups excluding carboxylic acids is 2. The number of ether oxygens (including phenoxy) is 1. The van der Waals surface area contributed by atoms with Crippen LogP contribution >= 0.6 is 0 Å². The van der Waals surface area contributed by atoms with E-state index < -0.39 is 13.9 Å². The molecule has 10 nitrogen and oxygen atoms in total. The van der Waals surface area contributed by atoms with Gasteiger partial charge in [0.1, 0.15) is 0 Å². The highest BCUT2D eigenvalue weighted by Gasteiger charge is 2.65. The molecule has 11 heteroatoms. The fourth-order valence-electron chi connectivity index (χ4n) is 6.62. The fraction of sp³-hybridized carbons (Fsp3) is 0.615. The van der Waals surface area contributed by atoms with Gasteiger partial charge in [-0.15, -0.1) is 5.10 Å². The molecule has 2 N–H and O–H groups in total. The first kappa shape index (κ1) is 26.0. The lowest BCUT2D eigenvalue weighted by Gasteiger charge is -2.33. The van der Waals surface area contributed by atoms with E-state index in [1.54, 1.807) is 16.6 Å². The monoisotopic (exact) mass is 527 g/mol. The number of hydrogen-bond acceptors (Lipinski definition) is 7. The number of aromatic nitrogens is 3. The largest absolute Gasteiger partial charge is 0.432 e. The van der Waals surface area contributed by atoms with Crippen molar-refractivity contribution in [2.75, 3.05) is 30.0 Å². The topological polar surface area (TPSA) is 121 Å². The van der Waals surface area contributed by atoms with Crippen LogP contribution in [0.4, 0.5) is 11.4 Å². The van der Waals surface area contributed by atoms with E-state index in [4.69, 9.17) is 9.84 Å². The van der Waals surface area contributed by atoms with Crippen LogP contribution in [0.15, 0.2) is 24.4 Å². The number of nitrogens with zero attached hydrogens (tertiary/aromatic N) is 5. The molecule has 2 fully saturated rings. The minimum Gasteiger partial charge on any atom is -0.432 e. The van der Waals surface area contributed by atoms with Gasteiger partial charge in [0, 0.05) is 68.5 Å². The highest BCUT2D eigenvalue weighted by atomic mass is 28.4. The summed E-state index contributed by atoms with van der Waals surface area (Å²) < 4.78 is 8.52. The molecule has 3 aliphatic heterocycles. The highest BCUT2D eigenvalue weighted by Crippen LogP contribution is 2.59. The number of hydrogen-bond donors (Lipinski definition) is 2. The first-order valence-corrected chi connectivity index (χ1v) is 16.2. The summed E-state index contributed by atoms with van der Waals surface area (Å²) in [7, 11) is -0.994. The van der Waals surface area contributed by atoms with Crippen LogP contribution < -0.4 is 9.80 Å². The van der Waals surface area contributed by atoms with E-state index in [0.717, 1.165) is 35.5 Å². The molecule has 3 aliphatic rings. The van der Waals surface area contributed by atoms with Crippen LogP contribution in [0.25, 0.3) is 0 Å². The van der Waals surface area contributed by atoms with E-state index in [2.05, 4.69) is 10.3 Å². The summed E-state index contributed by atoms with van der Waals surface area (Å²) in [6.45, 7) is 7.03. The molecular weight excluding hydrogens is 490 g/mol. The minimum absolute atomic E-state index is 0.0108. The predicted molar refractivity (Wildman–Crippen MR) is 141 cm³/mol. The summed E-state index contributed by atoms with van der Waals surface area (Å²) in [6.07, 6.45) is 4.85. The average molecular weight is 528 g/mol. The molecule has 4 atom stereocenters. The van der Waals surface area contributed by atoms with Gasteiger partial charge in [0.25, 0.3) is 5.91 Å². The van der Waals surface area contributed by atoms with Crippen molar-refractivity contribution in [3.05, 3.63) is 35.7 Å². The number of rotatable bonds is 7. The number of aliphatic hydroxyl groups is 1. The molecule has 1 aromatic carbocycles. The number of amides is 2. The molecule has 1 aromatic heterocycles. The van der Waals surface area contributed by atoms with Crippen molar-refractivity contribution in [3.63, 3.8) is 0 Å². The maximum Gasteiger partial charge on any atom is 0.264 e. The lowest BCUT2D eigenvalue weighted by Crippen LogP contribution is -2.45. The molecule has 200 valence electrons. The first-order valence-electron chi connectivity index (χ1n) is 13.2. The zero-order valence-corrected chi connectivity index (χ0v) is 23.1. The zero-order valence-electron chi connectivity index (χ0n) is 22.1. The van der Waals surface area contributed by atoms with Crippen LogP contribution in [0.1, 0.15) is 43.9 Å². The zero-order chi connectivity index (χ0) is 26.5. The molecule has 1 spiro atoms. The van der Waals surface area contributed by atoms with E-state index in [-0.39, 0.29) is 36.0 Å². The molecule has 0 unspecified atom stereocenters. The lowest BCUT2D eigenvalue weighted by molar-refractivity contribution is -0.145. The number of carbonyl (C=O) groups is 2. The predicted octanol–water partition coefficient (Wildman–Crippen LogP) is 2.19. The lowest BCUT2D eigenvalue weighted by atomic mass is 9.82. The Hall–Kier alpha value is -2.60. The van der Waals surface area contributed by atoms with Gasteiger partial charge in [0.2, 0.25) is 5.91 Å². The Morgan fingerprint density at radius 3 is 2.73 bits per heavy atom. The molecule has 2 aromatic rings. The Morgan fingerprint density at radius 1 is 1.24 bits per heavy atom. The van der Waals surface area contributed by atoms with Crippen LogP contribution in [0.3, 0.4) is 0 Å². The third kappa shape index (κ3) is 4.31. The quantitative estimate of drug-likeness (QED) is 0.530. The Labute approximate surface area is 218 Å². The van der Waals surface area contributed by atoms with Crippen molar-refractivity contribution in [3.8, 4) is 0 Å². The SMILES string of the molecule is C[C@H]1[C@H]([Si](C)(C)O)[C@@H](CCn2cc(CCO)nn2)O[C@]12C(=O)N(C)c1ccc(N3CCCCC3=O)cc12. The molecule has 2 saturated heterocycles. The maximum absolute atomic E-state index is 13.9. The van der Waals surface area contributed by atoms with Crippen LogP contribution in [0.2, 0.25) is 18.6 Å². The van der Waals surface area contributed by atoms with Crippen LogP contribution in [0.5, 0.6) is 0 Å². The van der Waals surface area contributed by atoms with Gasteiger partial charge in [-0.3, -0.25) is 14.3 Å². The minimum atomic E-state index is -2.76. The Balaban J connectivity index is 1.50. The van der Waals surface area contributed by atoms with Crippen molar-refractivity contribution in [2.24, 2.45) is 5.92 Å². The number of fused-ring (bicyclic) bond motifs is 2. The third-order valence-electron chi connectivity index (χ3n) is 8.33. The summed E-state index contributed by atoms with van der Waals surface area (Å²) in [6, 6.07) is 5.79. The molecule has 37 heavy (non-hydrogen) atoms. The number of aryl methyl sites for hydroxylation is 1. The number of anilines is 2. The van der Waals surface area contributed by atoms with Crippen molar-refractivity contribution < 1.29 is 24.2 Å².